The van der Waals surface area contributed by atoms with Crippen molar-refractivity contribution in [3.63, 3.8) is 0 Å². The molecule has 2 aliphatic heterocycles. The molecule has 14 heavy (non-hydrogen) atoms. The van der Waals surface area contributed by atoms with E-state index in [9.17, 15) is 8.42 Å². The van der Waals surface area contributed by atoms with E-state index in [0.29, 0.717) is 24.5 Å². The first kappa shape index (κ1) is 10.4. The Morgan fingerprint density at radius 2 is 1.86 bits per heavy atom. The number of hydrogen-bond donors (Lipinski definition) is 2. The fraction of sp³-hybridized carbons (Fsp3) is 1.00. The van der Waals surface area contributed by atoms with E-state index in [4.69, 9.17) is 0 Å². The van der Waals surface area contributed by atoms with Gasteiger partial charge in [0.25, 0.3) is 0 Å². The molecule has 0 aliphatic carbocycles. The van der Waals surface area contributed by atoms with E-state index in [1.54, 1.807) is 0 Å². The minimum atomic E-state index is -3.01. The third kappa shape index (κ3) is 2.68. The molecule has 2 atom stereocenters. The summed E-state index contributed by atoms with van der Waals surface area (Å²) in [6, 6.07) is 1.28. The molecule has 0 aromatic carbocycles. The molecule has 2 bridgehead atoms. The highest BCUT2D eigenvalue weighted by atomic mass is 32.2. The monoisotopic (exact) mass is 218 g/mol. The van der Waals surface area contributed by atoms with Crippen LogP contribution in [0.3, 0.4) is 0 Å². The normalized spacial score (nSPS) is 37.4. The van der Waals surface area contributed by atoms with Crippen LogP contribution in [0.25, 0.3) is 0 Å². The average molecular weight is 218 g/mol. The topological polar surface area (TPSA) is 58.2 Å². The molecule has 0 amide bonds. The standard InChI is InChI=1S/C9H18N2O2S/c1-14(12,13)10-6-7-4-8-2-3-9(5-7)11-8/h7-11H,2-6H2,1H3. The predicted molar refractivity (Wildman–Crippen MR) is 55.5 cm³/mol. The van der Waals surface area contributed by atoms with E-state index in [2.05, 4.69) is 10.0 Å². The van der Waals surface area contributed by atoms with Crippen LogP contribution in [0.2, 0.25) is 0 Å². The van der Waals surface area contributed by atoms with Crippen LogP contribution < -0.4 is 10.0 Å². The van der Waals surface area contributed by atoms with Gasteiger partial charge in [-0.25, -0.2) is 13.1 Å². The van der Waals surface area contributed by atoms with E-state index >= 15 is 0 Å². The summed E-state index contributed by atoms with van der Waals surface area (Å²) in [7, 11) is -3.01. The highest BCUT2D eigenvalue weighted by Crippen LogP contribution is 2.30. The molecule has 2 rings (SSSR count). The number of nitrogens with one attached hydrogen (secondary N) is 2. The van der Waals surface area contributed by atoms with Gasteiger partial charge in [-0.3, -0.25) is 0 Å². The zero-order valence-electron chi connectivity index (χ0n) is 8.49. The van der Waals surface area contributed by atoms with Gasteiger partial charge in [-0.2, -0.15) is 0 Å². The molecule has 0 spiro atoms. The van der Waals surface area contributed by atoms with Gasteiger partial charge in [-0.15, -0.1) is 0 Å². The van der Waals surface area contributed by atoms with Crippen molar-refractivity contribution in [1.82, 2.24) is 10.0 Å². The Labute approximate surface area is 85.5 Å². The molecule has 2 unspecified atom stereocenters. The first-order chi connectivity index (χ1) is 6.53. The van der Waals surface area contributed by atoms with Gasteiger partial charge >= 0.3 is 0 Å². The minimum Gasteiger partial charge on any atom is -0.311 e. The zero-order chi connectivity index (χ0) is 10.2. The average Bonchev–Trinajstić information content (AvgIpc) is 2.41. The van der Waals surface area contributed by atoms with Gasteiger partial charge in [0.2, 0.25) is 10.0 Å². The zero-order valence-corrected chi connectivity index (χ0v) is 9.31. The first-order valence-corrected chi connectivity index (χ1v) is 7.13. The summed E-state index contributed by atoms with van der Waals surface area (Å²) in [5.74, 6) is 0.531. The maximum Gasteiger partial charge on any atom is 0.208 e. The van der Waals surface area contributed by atoms with Crippen molar-refractivity contribution in [2.45, 2.75) is 37.8 Å². The second kappa shape index (κ2) is 3.79. The summed E-state index contributed by atoms with van der Waals surface area (Å²) in [6.45, 7) is 0.619. The van der Waals surface area contributed by atoms with Crippen LogP contribution in [0.15, 0.2) is 0 Å². The van der Waals surface area contributed by atoms with Crippen molar-refractivity contribution < 1.29 is 8.42 Å². The van der Waals surface area contributed by atoms with Gasteiger partial charge in [-0.1, -0.05) is 0 Å². The quantitative estimate of drug-likeness (QED) is 0.704. The second-order valence-corrected chi connectivity index (χ2v) is 6.43. The molecule has 5 heteroatoms. The molecule has 4 nitrogen and oxygen atoms in total. The minimum absolute atomic E-state index is 0.531. The highest BCUT2D eigenvalue weighted by molar-refractivity contribution is 7.88. The predicted octanol–water partition coefficient (Wildman–Crippen LogP) is 0.0662. The Kier molecular flexibility index (Phi) is 2.81. The maximum absolute atomic E-state index is 10.9. The molecular formula is C9H18N2O2S. The van der Waals surface area contributed by atoms with Crippen molar-refractivity contribution in [2.75, 3.05) is 12.8 Å². The first-order valence-electron chi connectivity index (χ1n) is 5.23. The van der Waals surface area contributed by atoms with E-state index in [1.807, 2.05) is 0 Å². The number of fused-ring (bicyclic) bond motifs is 2. The van der Waals surface area contributed by atoms with Gasteiger partial charge in [-0.05, 0) is 31.6 Å². The largest absolute Gasteiger partial charge is 0.311 e. The Morgan fingerprint density at radius 1 is 1.29 bits per heavy atom. The summed E-state index contributed by atoms with van der Waals surface area (Å²) < 4.78 is 24.5. The maximum atomic E-state index is 10.9. The van der Waals surface area contributed by atoms with Gasteiger partial charge in [0.15, 0.2) is 0 Å². The van der Waals surface area contributed by atoms with Gasteiger partial charge in [0.1, 0.15) is 0 Å². The van der Waals surface area contributed by atoms with Crippen molar-refractivity contribution in [1.29, 1.82) is 0 Å². The van der Waals surface area contributed by atoms with Crippen LogP contribution >= 0.6 is 0 Å². The smallest absolute Gasteiger partial charge is 0.208 e. The van der Waals surface area contributed by atoms with Gasteiger partial charge in [0.05, 0.1) is 6.26 Å². The molecule has 0 aromatic heterocycles. The molecule has 2 N–H and O–H groups in total. The lowest BCUT2D eigenvalue weighted by Gasteiger charge is -2.28. The highest BCUT2D eigenvalue weighted by Gasteiger charge is 2.33. The SMILES string of the molecule is CS(=O)(=O)NCC1CC2CCC(C1)N2. The van der Waals surface area contributed by atoms with Crippen molar-refractivity contribution >= 4 is 10.0 Å². The molecule has 0 aromatic rings. The fourth-order valence-corrected chi connectivity index (χ4v) is 3.15. The summed E-state index contributed by atoms with van der Waals surface area (Å²) >= 11 is 0. The third-order valence-electron chi connectivity index (χ3n) is 3.20. The number of piperidine rings is 1. The number of hydrogen-bond acceptors (Lipinski definition) is 3. The van der Waals surface area contributed by atoms with Gasteiger partial charge in [0, 0.05) is 18.6 Å². The summed E-state index contributed by atoms with van der Waals surface area (Å²) in [6.07, 6.45) is 6.00. The molecule has 2 heterocycles. The fourth-order valence-electron chi connectivity index (χ4n) is 2.61. The van der Waals surface area contributed by atoms with Crippen LogP contribution in [0.5, 0.6) is 0 Å². The summed E-state index contributed by atoms with van der Waals surface area (Å²) in [4.78, 5) is 0. The molecule has 0 saturated carbocycles. The number of sulfonamides is 1. The van der Waals surface area contributed by atoms with E-state index in [-0.39, 0.29) is 0 Å². The molecule has 0 radical (unpaired) electrons. The van der Waals surface area contributed by atoms with E-state index in [1.165, 1.54) is 19.1 Å². The lowest BCUT2D eigenvalue weighted by atomic mass is 9.93. The second-order valence-electron chi connectivity index (χ2n) is 4.60. The number of rotatable bonds is 3. The molecule has 82 valence electrons. The van der Waals surface area contributed by atoms with Crippen LogP contribution in [-0.4, -0.2) is 33.3 Å². The lowest BCUT2D eigenvalue weighted by Crippen LogP contribution is -2.41. The summed E-state index contributed by atoms with van der Waals surface area (Å²) in [5, 5.41) is 3.54. The molecule has 2 fully saturated rings. The van der Waals surface area contributed by atoms with Gasteiger partial charge < -0.3 is 5.32 Å². The van der Waals surface area contributed by atoms with Crippen LogP contribution in [0, 0.1) is 5.92 Å². The molecule has 2 saturated heterocycles. The molecular weight excluding hydrogens is 200 g/mol. The lowest BCUT2D eigenvalue weighted by molar-refractivity contribution is 0.300. The Bertz CT molecular complexity index is 290. The van der Waals surface area contributed by atoms with E-state index in [0.717, 1.165) is 12.8 Å². The Morgan fingerprint density at radius 3 is 2.36 bits per heavy atom. The third-order valence-corrected chi connectivity index (χ3v) is 3.90. The van der Waals surface area contributed by atoms with Crippen LogP contribution in [-0.2, 0) is 10.0 Å². The van der Waals surface area contributed by atoms with Crippen LogP contribution in [0.4, 0.5) is 0 Å². The van der Waals surface area contributed by atoms with Crippen molar-refractivity contribution in [2.24, 2.45) is 5.92 Å². The Hall–Kier alpha value is -0.130. The summed E-state index contributed by atoms with van der Waals surface area (Å²) in [5.41, 5.74) is 0. The molecule has 2 aliphatic rings. The van der Waals surface area contributed by atoms with E-state index < -0.39 is 10.0 Å². The van der Waals surface area contributed by atoms with Crippen molar-refractivity contribution in [3.8, 4) is 0 Å². The Balaban J connectivity index is 1.82. The van der Waals surface area contributed by atoms with Crippen LogP contribution in [0.1, 0.15) is 25.7 Å². The van der Waals surface area contributed by atoms with Crippen molar-refractivity contribution in [3.05, 3.63) is 0 Å².